The molecule has 1 N–H and O–H groups in total. The number of aryl methyl sites for hydroxylation is 2. The number of hydrogen-bond donors (Lipinski definition) is 1. The second kappa shape index (κ2) is 9.32. The molecule has 2 aromatic rings. The van der Waals surface area contributed by atoms with Crippen LogP contribution in [0.25, 0.3) is 0 Å². The maximum absolute atomic E-state index is 13.0. The number of rotatable bonds is 6. The van der Waals surface area contributed by atoms with Crippen molar-refractivity contribution in [2.75, 3.05) is 13.1 Å². The smallest absolute Gasteiger partial charge is 0.225 e. The second-order valence-electron chi connectivity index (χ2n) is 8.24. The highest BCUT2D eigenvalue weighted by Gasteiger charge is 2.30. The molecular weight excluding hydrogens is 383 g/mol. The lowest BCUT2D eigenvalue weighted by Crippen LogP contribution is -2.32. The second-order valence-corrected chi connectivity index (χ2v) is 8.24. The van der Waals surface area contributed by atoms with Crippen LogP contribution in [0.3, 0.4) is 0 Å². The Morgan fingerprint density at radius 3 is 2.40 bits per heavy atom. The minimum Gasteiger partial charge on any atom is -0.352 e. The number of hydrogen-bond acceptors (Lipinski definition) is 4. The first-order valence-corrected chi connectivity index (χ1v) is 10.4. The fraction of sp³-hybridized carbons (Fsp3) is 0.478. The molecule has 2 amide bonds. The Morgan fingerprint density at radius 1 is 1.17 bits per heavy atom. The number of halogens is 1. The standard InChI is InChI=1S/C23H29FN4O2/c1-14(2)23(30)28-10-9-18(13-28)22-26-15(3)20(16(4)27-22)11-21(29)25-12-17-5-7-19(24)8-6-17/h5-8,14,18H,9-13H2,1-4H3,(H,25,29)/t18-/m1/s1. The SMILES string of the molecule is Cc1nc([C@@H]2CCN(C(=O)C(C)C)C2)nc(C)c1CC(=O)NCc1ccc(F)cc1. The molecule has 1 atom stereocenters. The fourth-order valence-corrected chi connectivity index (χ4v) is 3.77. The van der Waals surface area contributed by atoms with Crippen molar-refractivity contribution >= 4 is 11.8 Å². The molecule has 1 saturated heterocycles. The fourth-order valence-electron chi connectivity index (χ4n) is 3.77. The summed E-state index contributed by atoms with van der Waals surface area (Å²) in [5.74, 6) is 0.610. The van der Waals surface area contributed by atoms with Crippen molar-refractivity contribution in [2.45, 2.75) is 53.0 Å². The van der Waals surface area contributed by atoms with Crippen LogP contribution in [-0.4, -0.2) is 39.8 Å². The van der Waals surface area contributed by atoms with Crippen LogP contribution < -0.4 is 5.32 Å². The third kappa shape index (κ3) is 5.20. The highest BCUT2D eigenvalue weighted by molar-refractivity contribution is 5.79. The van der Waals surface area contributed by atoms with Crippen LogP contribution in [0.4, 0.5) is 4.39 Å². The van der Waals surface area contributed by atoms with E-state index in [-0.39, 0.29) is 35.9 Å². The van der Waals surface area contributed by atoms with Gasteiger partial charge in [0.15, 0.2) is 0 Å². The molecule has 0 radical (unpaired) electrons. The summed E-state index contributed by atoms with van der Waals surface area (Å²) < 4.78 is 13.0. The highest BCUT2D eigenvalue weighted by atomic mass is 19.1. The number of carbonyl (C=O) groups is 2. The summed E-state index contributed by atoms with van der Waals surface area (Å²) in [5.41, 5.74) is 3.25. The summed E-state index contributed by atoms with van der Waals surface area (Å²) in [7, 11) is 0. The number of benzene rings is 1. The van der Waals surface area contributed by atoms with Gasteiger partial charge in [0.1, 0.15) is 11.6 Å². The summed E-state index contributed by atoms with van der Waals surface area (Å²) >= 11 is 0. The maximum atomic E-state index is 13.0. The zero-order chi connectivity index (χ0) is 21.8. The number of amides is 2. The Bertz CT molecular complexity index is 904. The first kappa shape index (κ1) is 21.9. The van der Waals surface area contributed by atoms with E-state index in [4.69, 9.17) is 0 Å². The third-order valence-electron chi connectivity index (χ3n) is 5.54. The van der Waals surface area contributed by atoms with E-state index >= 15 is 0 Å². The van der Waals surface area contributed by atoms with E-state index < -0.39 is 0 Å². The maximum Gasteiger partial charge on any atom is 0.225 e. The molecule has 7 heteroatoms. The van der Waals surface area contributed by atoms with Crippen LogP contribution in [0, 0.1) is 25.6 Å². The third-order valence-corrected chi connectivity index (χ3v) is 5.54. The molecule has 2 heterocycles. The van der Waals surface area contributed by atoms with Gasteiger partial charge >= 0.3 is 0 Å². The molecule has 0 spiro atoms. The molecule has 0 unspecified atom stereocenters. The van der Waals surface area contributed by atoms with Crippen LogP contribution in [0.2, 0.25) is 0 Å². The van der Waals surface area contributed by atoms with Crippen molar-refractivity contribution in [3.63, 3.8) is 0 Å². The molecule has 0 aliphatic carbocycles. The van der Waals surface area contributed by atoms with E-state index in [0.717, 1.165) is 41.3 Å². The summed E-state index contributed by atoms with van der Waals surface area (Å²) in [6.07, 6.45) is 1.05. The lowest BCUT2D eigenvalue weighted by molar-refractivity contribution is -0.133. The Balaban J connectivity index is 1.62. The molecule has 1 aliphatic heterocycles. The number of nitrogens with zero attached hydrogens (tertiary/aromatic N) is 3. The normalized spacial score (nSPS) is 16.2. The quantitative estimate of drug-likeness (QED) is 0.791. The number of carbonyl (C=O) groups excluding carboxylic acids is 2. The van der Waals surface area contributed by atoms with Crippen molar-refractivity contribution < 1.29 is 14.0 Å². The monoisotopic (exact) mass is 412 g/mol. The molecule has 0 bridgehead atoms. The van der Waals surface area contributed by atoms with Gasteiger partial charge in [-0.15, -0.1) is 0 Å². The molecule has 1 fully saturated rings. The van der Waals surface area contributed by atoms with Crippen molar-refractivity contribution in [1.29, 1.82) is 0 Å². The number of likely N-dealkylation sites (tertiary alicyclic amines) is 1. The van der Waals surface area contributed by atoms with Gasteiger partial charge in [0.25, 0.3) is 0 Å². The molecule has 6 nitrogen and oxygen atoms in total. The molecule has 30 heavy (non-hydrogen) atoms. The summed E-state index contributed by atoms with van der Waals surface area (Å²) in [4.78, 5) is 35.8. The predicted octanol–water partition coefficient (Wildman–Crippen LogP) is 3.06. The van der Waals surface area contributed by atoms with Crippen molar-refractivity contribution in [2.24, 2.45) is 5.92 Å². The number of aromatic nitrogens is 2. The van der Waals surface area contributed by atoms with Gasteiger partial charge in [-0.1, -0.05) is 26.0 Å². The van der Waals surface area contributed by atoms with Crippen LogP contribution in [-0.2, 0) is 22.6 Å². The van der Waals surface area contributed by atoms with E-state index in [1.165, 1.54) is 12.1 Å². The van der Waals surface area contributed by atoms with Crippen LogP contribution in [0.5, 0.6) is 0 Å². The van der Waals surface area contributed by atoms with Gasteiger partial charge in [0.2, 0.25) is 11.8 Å². The van der Waals surface area contributed by atoms with E-state index in [0.29, 0.717) is 13.1 Å². The molecule has 160 valence electrons. The topological polar surface area (TPSA) is 75.2 Å². The van der Waals surface area contributed by atoms with E-state index in [1.54, 1.807) is 12.1 Å². The van der Waals surface area contributed by atoms with Gasteiger partial charge in [0, 0.05) is 48.4 Å². The summed E-state index contributed by atoms with van der Waals surface area (Å²) in [6, 6.07) is 6.06. The Morgan fingerprint density at radius 2 is 1.80 bits per heavy atom. The minimum absolute atomic E-state index is 0.0102. The first-order valence-electron chi connectivity index (χ1n) is 10.4. The zero-order valence-corrected chi connectivity index (χ0v) is 18.0. The lowest BCUT2D eigenvalue weighted by atomic mass is 10.0. The molecule has 1 aromatic heterocycles. The number of nitrogens with one attached hydrogen (secondary N) is 1. The molecule has 1 aromatic carbocycles. The van der Waals surface area contributed by atoms with Gasteiger partial charge in [-0.25, -0.2) is 14.4 Å². The van der Waals surface area contributed by atoms with Crippen LogP contribution in [0.15, 0.2) is 24.3 Å². The van der Waals surface area contributed by atoms with Gasteiger partial charge in [-0.05, 0) is 38.0 Å². The van der Waals surface area contributed by atoms with Crippen molar-refractivity contribution in [3.8, 4) is 0 Å². The molecule has 0 saturated carbocycles. The van der Waals surface area contributed by atoms with Crippen molar-refractivity contribution in [3.05, 3.63) is 58.4 Å². The minimum atomic E-state index is -0.299. The predicted molar refractivity (Wildman–Crippen MR) is 112 cm³/mol. The molecular formula is C23H29FN4O2. The van der Waals surface area contributed by atoms with Gasteiger partial charge in [-0.3, -0.25) is 9.59 Å². The Labute approximate surface area is 176 Å². The summed E-state index contributed by atoms with van der Waals surface area (Å²) in [5, 5.41) is 2.86. The van der Waals surface area contributed by atoms with Gasteiger partial charge in [0.05, 0.1) is 6.42 Å². The summed E-state index contributed by atoms with van der Waals surface area (Å²) in [6.45, 7) is 9.34. The highest BCUT2D eigenvalue weighted by Crippen LogP contribution is 2.27. The van der Waals surface area contributed by atoms with E-state index in [2.05, 4.69) is 15.3 Å². The zero-order valence-electron chi connectivity index (χ0n) is 18.0. The molecule has 3 rings (SSSR count). The van der Waals surface area contributed by atoms with Crippen LogP contribution >= 0.6 is 0 Å². The van der Waals surface area contributed by atoms with Crippen molar-refractivity contribution in [1.82, 2.24) is 20.2 Å². The molecule has 1 aliphatic rings. The Hall–Kier alpha value is -2.83. The van der Waals surface area contributed by atoms with E-state index in [1.807, 2.05) is 32.6 Å². The van der Waals surface area contributed by atoms with E-state index in [9.17, 15) is 14.0 Å². The first-order chi connectivity index (χ1) is 14.2. The average Bonchev–Trinajstić information content (AvgIpc) is 3.19. The van der Waals surface area contributed by atoms with Gasteiger partial charge in [-0.2, -0.15) is 0 Å². The van der Waals surface area contributed by atoms with Gasteiger partial charge < -0.3 is 10.2 Å². The van der Waals surface area contributed by atoms with Crippen LogP contribution in [0.1, 0.15) is 54.5 Å². The lowest BCUT2D eigenvalue weighted by Gasteiger charge is -2.19. The average molecular weight is 413 g/mol. The Kier molecular flexibility index (Phi) is 6.80. The largest absolute Gasteiger partial charge is 0.352 e.